The Hall–Kier alpha value is -1.49. The Labute approximate surface area is 138 Å². The largest absolute Gasteiger partial charge is 0.507 e. The third-order valence-electron chi connectivity index (χ3n) is 2.99. The van der Waals surface area contributed by atoms with Gasteiger partial charge in [-0.2, -0.15) is 0 Å². The number of carbonyl (C=O) groups excluding carboxylic acids is 1. The molecule has 1 N–H and O–H groups in total. The second kappa shape index (κ2) is 5.37. The number of hydrogen-bond acceptors (Lipinski definition) is 3. The molecular formula is C15H7BrCl2O3. The maximum Gasteiger partial charge on any atom is 0.233 e. The normalized spacial score (nSPS) is 15.2. The van der Waals surface area contributed by atoms with E-state index in [9.17, 15) is 9.90 Å². The van der Waals surface area contributed by atoms with Crippen molar-refractivity contribution in [1.29, 1.82) is 0 Å². The molecule has 0 atom stereocenters. The standard InChI is InChI=1S/C15H7BrCl2O3/c16-8-5-7(1-4-11(8)19)6-12-14(20)13-9(17)2-3-10(18)15(13)21-12/h1-6,19H/b12-6-. The molecule has 3 rings (SSSR count). The molecule has 106 valence electrons. The summed E-state index contributed by atoms with van der Waals surface area (Å²) >= 11 is 15.3. The van der Waals surface area contributed by atoms with Crippen molar-refractivity contribution in [2.24, 2.45) is 0 Å². The molecule has 0 bridgehead atoms. The van der Waals surface area contributed by atoms with Gasteiger partial charge in [-0.1, -0.05) is 29.3 Å². The molecule has 0 spiro atoms. The van der Waals surface area contributed by atoms with E-state index < -0.39 is 0 Å². The number of ketones is 1. The Balaban J connectivity index is 2.05. The highest BCUT2D eigenvalue weighted by Crippen LogP contribution is 2.41. The molecule has 0 aromatic heterocycles. The molecule has 0 aliphatic carbocycles. The van der Waals surface area contributed by atoms with Gasteiger partial charge in [0.05, 0.1) is 20.1 Å². The number of Topliss-reactive ketones (excluding diaryl/α,β-unsaturated/α-hetero) is 1. The van der Waals surface area contributed by atoms with E-state index in [0.29, 0.717) is 20.1 Å². The van der Waals surface area contributed by atoms with Gasteiger partial charge >= 0.3 is 0 Å². The molecule has 3 nitrogen and oxygen atoms in total. The molecule has 2 aromatic carbocycles. The van der Waals surface area contributed by atoms with Gasteiger partial charge in [0.2, 0.25) is 5.78 Å². The number of phenolic OH excluding ortho intramolecular Hbond substituents is 1. The van der Waals surface area contributed by atoms with Crippen LogP contribution in [0.1, 0.15) is 15.9 Å². The van der Waals surface area contributed by atoms with Crippen LogP contribution in [0.4, 0.5) is 0 Å². The number of halogens is 3. The average Bonchev–Trinajstić information content (AvgIpc) is 2.77. The van der Waals surface area contributed by atoms with Crippen molar-refractivity contribution in [3.05, 3.63) is 61.7 Å². The zero-order chi connectivity index (χ0) is 15.1. The first-order chi connectivity index (χ1) is 9.97. The smallest absolute Gasteiger partial charge is 0.233 e. The van der Waals surface area contributed by atoms with Gasteiger partial charge in [0, 0.05) is 0 Å². The molecule has 1 aliphatic rings. The minimum atomic E-state index is -0.318. The number of ether oxygens (including phenoxy) is 1. The predicted molar refractivity (Wildman–Crippen MR) is 85.2 cm³/mol. The summed E-state index contributed by atoms with van der Waals surface area (Å²) in [4.78, 5) is 12.3. The minimum Gasteiger partial charge on any atom is -0.507 e. The molecule has 0 saturated carbocycles. The van der Waals surface area contributed by atoms with Crippen LogP contribution in [0, 0.1) is 0 Å². The van der Waals surface area contributed by atoms with E-state index in [4.69, 9.17) is 27.9 Å². The molecule has 0 amide bonds. The van der Waals surface area contributed by atoms with Crippen LogP contribution in [-0.2, 0) is 0 Å². The van der Waals surface area contributed by atoms with Crippen LogP contribution in [0.25, 0.3) is 6.08 Å². The first-order valence-corrected chi connectivity index (χ1v) is 7.43. The Morgan fingerprint density at radius 2 is 1.86 bits per heavy atom. The van der Waals surface area contributed by atoms with Gasteiger partial charge < -0.3 is 9.84 Å². The van der Waals surface area contributed by atoms with E-state index in [1.807, 2.05) is 0 Å². The lowest BCUT2D eigenvalue weighted by Gasteiger charge is -2.02. The molecule has 1 heterocycles. The maximum atomic E-state index is 12.3. The van der Waals surface area contributed by atoms with Crippen LogP contribution in [0.15, 0.2) is 40.6 Å². The van der Waals surface area contributed by atoms with Crippen molar-refractivity contribution in [3.63, 3.8) is 0 Å². The first-order valence-electron chi connectivity index (χ1n) is 5.88. The Morgan fingerprint density at radius 3 is 2.52 bits per heavy atom. The minimum absolute atomic E-state index is 0.116. The highest BCUT2D eigenvalue weighted by molar-refractivity contribution is 9.10. The third kappa shape index (κ3) is 2.55. The highest BCUT2D eigenvalue weighted by atomic mass is 79.9. The van der Waals surface area contributed by atoms with E-state index in [0.717, 1.165) is 0 Å². The summed E-state index contributed by atoms with van der Waals surface area (Å²) in [5.41, 5.74) is 0.969. The number of benzene rings is 2. The summed E-state index contributed by atoms with van der Waals surface area (Å²) in [6.07, 6.45) is 1.57. The molecule has 2 aromatic rings. The first kappa shape index (κ1) is 14.4. The molecule has 0 saturated heterocycles. The average molecular weight is 386 g/mol. The summed E-state index contributed by atoms with van der Waals surface area (Å²) in [6, 6.07) is 7.99. The van der Waals surface area contributed by atoms with Gasteiger partial charge in [-0.15, -0.1) is 0 Å². The van der Waals surface area contributed by atoms with Crippen molar-refractivity contribution in [2.75, 3.05) is 0 Å². The van der Waals surface area contributed by atoms with E-state index in [1.54, 1.807) is 30.3 Å². The lowest BCUT2D eigenvalue weighted by Crippen LogP contribution is -1.98. The number of aromatic hydroxyl groups is 1. The maximum absolute atomic E-state index is 12.3. The van der Waals surface area contributed by atoms with E-state index >= 15 is 0 Å². The molecule has 0 unspecified atom stereocenters. The van der Waals surface area contributed by atoms with Gasteiger partial charge in [0.1, 0.15) is 5.75 Å². The SMILES string of the molecule is O=C1/C(=C/c2ccc(O)c(Br)c2)Oc2c(Cl)ccc(Cl)c21. The van der Waals surface area contributed by atoms with E-state index in [-0.39, 0.29) is 28.6 Å². The van der Waals surface area contributed by atoms with Crippen molar-refractivity contribution in [1.82, 2.24) is 0 Å². The molecule has 0 radical (unpaired) electrons. The highest BCUT2D eigenvalue weighted by Gasteiger charge is 2.31. The van der Waals surface area contributed by atoms with Gasteiger partial charge in [0.15, 0.2) is 11.5 Å². The van der Waals surface area contributed by atoms with Gasteiger partial charge in [0.25, 0.3) is 0 Å². The number of hydrogen-bond donors (Lipinski definition) is 1. The van der Waals surface area contributed by atoms with Crippen LogP contribution in [-0.4, -0.2) is 10.9 Å². The summed E-state index contributed by atoms with van der Waals surface area (Å²) in [5, 5.41) is 10.1. The number of rotatable bonds is 1. The van der Waals surface area contributed by atoms with Crippen LogP contribution in [0.3, 0.4) is 0 Å². The number of allylic oxidation sites excluding steroid dienone is 1. The predicted octanol–water partition coefficient (Wildman–Crippen LogP) is 5.08. The summed E-state index contributed by atoms with van der Waals surface area (Å²) < 4.78 is 6.05. The third-order valence-corrected chi connectivity index (χ3v) is 4.24. The van der Waals surface area contributed by atoms with Crippen molar-refractivity contribution in [3.8, 4) is 11.5 Å². The quantitative estimate of drug-likeness (QED) is 0.696. The fourth-order valence-electron chi connectivity index (χ4n) is 1.98. The molecular weight excluding hydrogens is 379 g/mol. The van der Waals surface area contributed by atoms with E-state index in [1.165, 1.54) is 6.07 Å². The Bertz CT molecular complexity index is 800. The lowest BCUT2D eigenvalue weighted by atomic mass is 10.1. The number of carbonyl (C=O) groups is 1. The summed E-state index contributed by atoms with van der Waals surface area (Å²) in [7, 11) is 0. The van der Waals surface area contributed by atoms with Crippen molar-refractivity contribution >= 4 is 51.0 Å². The topological polar surface area (TPSA) is 46.5 Å². The summed E-state index contributed by atoms with van der Waals surface area (Å²) in [6.45, 7) is 0. The fourth-order valence-corrected chi connectivity index (χ4v) is 2.81. The van der Waals surface area contributed by atoms with Crippen LogP contribution < -0.4 is 4.74 Å². The lowest BCUT2D eigenvalue weighted by molar-refractivity contribution is 0.101. The zero-order valence-electron chi connectivity index (χ0n) is 10.4. The Morgan fingerprint density at radius 1 is 1.14 bits per heavy atom. The number of fused-ring (bicyclic) bond motifs is 1. The van der Waals surface area contributed by atoms with Crippen molar-refractivity contribution < 1.29 is 14.6 Å². The van der Waals surface area contributed by atoms with Gasteiger partial charge in [-0.3, -0.25) is 4.79 Å². The van der Waals surface area contributed by atoms with E-state index in [2.05, 4.69) is 15.9 Å². The second-order valence-corrected chi connectivity index (χ2v) is 6.05. The second-order valence-electron chi connectivity index (χ2n) is 4.38. The van der Waals surface area contributed by atoms with Crippen LogP contribution in [0.2, 0.25) is 10.0 Å². The molecule has 0 fully saturated rings. The van der Waals surface area contributed by atoms with Crippen LogP contribution >= 0.6 is 39.1 Å². The molecule has 1 aliphatic heterocycles. The monoisotopic (exact) mass is 384 g/mol. The van der Waals surface area contributed by atoms with Gasteiger partial charge in [-0.05, 0) is 51.8 Å². The Kier molecular flexibility index (Phi) is 3.69. The molecule has 21 heavy (non-hydrogen) atoms. The van der Waals surface area contributed by atoms with Gasteiger partial charge in [-0.25, -0.2) is 0 Å². The number of phenols is 1. The molecule has 6 heteroatoms. The van der Waals surface area contributed by atoms with Crippen LogP contribution in [0.5, 0.6) is 11.5 Å². The summed E-state index contributed by atoms with van der Waals surface area (Å²) in [5.74, 6) is 0.211. The fraction of sp³-hybridized carbons (Fsp3) is 0. The zero-order valence-corrected chi connectivity index (χ0v) is 13.5. The van der Waals surface area contributed by atoms with Crippen molar-refractivity contribution in [2.45, 2.75) is 0 Å².